The second-order valence-electron chi connectivity index (χ2n) is 8.27. The number of urea groups is 1. The molecule has 0 spiro atoms. The summed E-state index contributed by atoms with van der Waals surface area (Å²) >= 11 is 0. The van der Waals surface area contributed by atoms with Gasteiger partial charge in [-0.3, -0.25) is 19.8 Å². The monoisotopic (exact) mass is 486 g/mol. The lowest BCUT2D eigenvalue weighted by Crippen LogP contribution is -2.53. The van der Waals surface area contributed by atoms with Gasteiger partial charge in [0.2, 0.25) is 0 Å². The van der Waals surface area contributed by atoms with E-state index in [0.717, 1.165) is 21.6 Å². The fourth-order valence-electron chi connectivity index (χ4n) is 3.79. The minimum atomic E-state index is -0.802. The number of nitrogens with zero attached hydrogens (tertiary/aromatic N) is 1. The molecule has 1 fully saturated rings. The average molecular weight is 487 g/mol. The average Bonchev–Trinajstić information content (AvgIpc) is 3.38. The van der Waals surface area contributed by atoms with Crippen LogP contribution in [0.4, 0.5) is 4.79 Å². The molecule has 1 N–H and O–H groups in total. The first-order valence-corrected chi connectivity index (χ1v) is 11.3. The zero-order chi connectivity index (χ0) is 25.7. The minimum Gasteiger partial charge on any atom is -0.493 e. The van der Waals surface area contributed by atoms with E-state index in [2.05, 4.69) is 11.9 Å². The number of carbonyl (C=O) groups is 3. The lowest BCUT2D eigenvalue weighted by atomic mass is 10.0. The van der Waals surface area contributed by atoms with Crippen LogP contribution in [-0.4, -0.2) is 29.9 Å². The largest absolute Gasteiger partial charge is 0.493 e. The quantitative estimate of drug-likeness (QED) is 0.270. The molecule has 0 unspecified atom stereocenters. The molecule has 8 nitrogen and oxygen atoms in total. The Morgan fingerprint density at radius 1 is 1.11 bits per heavy atom. The van der Waals surface area contributed by atoms with E-state index in [0.29, 0.717) is 35.9 Å². The van der Waals surface area contributed by atoms with Crippen LogP contribution in [-0.2, 0) is 29.2 Å². The van der Waals surface area contributed by atoms with Crippen molar-refractivity contribution in [2.75, 3.05) is 7.11 Å². The molecule has 8 heteroatoms. The molecule has 2 heterocycles. The van der Waals surface area contributed by atoms with Crippen LogP contribution in [0.15, 0.2) is 77.4 Å². The highest BCUT2D eigenvalue weighted by molar-refractivity contribution is 6.30. The van der Waals surface area contributed by atoms with E-state index in [1.807, 2.05) is 31.2 Å². The lowest BCUT2D eigenvalue weighted by molar-refractivity contribution is -0.130. The number of rotatable bonds is 9. The van der Waals surface area contributed by atoms with Crippen LogP contribution in [0.25, 0.3) is 6.08 Å². The van der Waals surface area contributed by atoms with Crippen molar-refractivity contribution in [1.29, 1.82) is 0 Å². The number of imide groups is 2. The molecular weight excluding hydrogens is 460 g/mol. The number of nitrogens with one attached hydrogen (secondary N) is 1. The van der Waals surface area contributed by atoms with E-state index < -0.39 is 17.8 Å². The lowest BCUT2D eigenvalue weighted by Gasteiger charge is -2.25. The molecule has 0 radical (unpaired) electrons. The van der Waals surface area contributed by atoms with Crippen molar-refractivity contribution in [1.82, 2.24) is 10.2 Å². The van der Waals surface area contributed by atoms with Crippen molar-refractivity contribution in [2.24, 2.45) is 0 Å². The van der Waals surface area contributed by atoms with E-state index in [-0.39, 0.29) is 12.1 Å². The smallest absolute Gasteiger partial charge is 0.331 e. The molecule has 0 bridgehead atoms. The zero-order valence-corrected chi connectivity index (χ0v) is 20.1. The molecule has 1 aromatic heterocycles. The number of allylic oxidation sites excluding steroid dienone is 1. The number of hydrogen-bond acceptors (Lipinski definition) is 6. The third-order valence-corrected chi connectivity index (χ3v) is 5.63. The van der Waals surface area contributed by atoms with Crippen LogP contribution in [0.3, 0.4) is 0 Å². The Balaban J connectivity index is 1.65. The van der Waals surface area contributed by atoms with Gasteiger partial charge < -0.3 is 13.9 Å². The topological polar surface area (TPSA) is 98.1 Å². The molecule has 0 atom stereocenters. The van der Waals surface area contributed by atoms with Crippen LogP contribution < -0.4 is 14.8 Å². The number of carbonyl (C=O) groups excluding carboxylic acids is 3. The number of barbiturate groups is 1. The van der Waals surface area contributed by atoms with Crippen LogP contribution in [0, 0.1) is 6.92 Å². The fraction of sp³-hybridized carbons (Fsp3) is 0.179. The van der Waals surface area contributed by atoms with Gasteiger partial charge in [0.05, 0.1) is 19.9 Å². The number of benzene rings is 2. The van der Waals surface area contributed by atoms with Crippen molar-refractivity contribution in [3.63, 3.8) is 0 Å². The third-order valence-electron chi connectivity index (χ3n) is 5.63. The van der Waals surface area contributed by atoms with Crippen LogP contribution in [0.2, 0.25) is 0 Å². The first kappa shape index (κ1) is 24.5. The Morgan fingerprint density at radius 3 is 2.56 bits per heavy atom. The molecule has 4 amide bonds. The molecule has 1 aliphatic rings. The van der Waals surface area contributed by atoms with Gasteiger partial charge in [0.15, 0.2) is 11.5 Å². The van der Waals surface area contributed by atoms with Crippen molar-refractivity contribution < 1.29 is 28.3 Å². The molecule has 1 saturated heterocycles. The van der Waals surface area contributed by atoms with Crippen LogP contribution >= 0.6 is 0 Å². The van der Waals surface area contributed by atoms with Crippen molar-refractivity contribution in [3.8, 4) is 11.5 Å². The predicted molar refractivity (Wildman–Crippen MR) is 133 cm³/mol. The number of methoxy groups -OCH3 is 1. The molecule has 3 aromatic rings. The maximum absolute atomic E-state index is 13.1. The van der Waals surface area contributed by atoms with Crippen molar-refractivity contribution in [3.05, 3.63) is 101 Å². The number of aryl methyl sites for hydroxylation is 1. The van der Waals surface area contributed by atoms with Gasteiger partial charge in [0.1, 0.15) is 17.9 Å². The number of ether oxygens (including phenoxy) is 2. The molecule has 0 aliphatic carbocycles. The van der Waals surface area contributed by atoms with Crippen molar-refractivity contribution in [2.45, 2.75) is 26.5 Å². The highest BCUT2D eigenvalue weighted by Crippen LogP contribution is 2.35. The summed E-state index contributed by atoms with van der Waals surface area (Å²) in [4.78, 5) is 38.8. The van der Waals surface area contributed by atoms with Gasteiger partial charge in [0.25, 0.3) is 11.8 Å². The second-order valence-corrected chi connectivity index (χ2v) is 8.27. The van der Waals surface area contributed by atoms with Gasteiger partial charge in [-0.25, -0.2) is 4.79 Å². The summed E-state index contributed by atoms with van der Waals surface area (Å²) in [7, 11) is 1.52. The van der Waals surface area contributed by atoms with Crippen LogP contribution in [0.1, 0.15) is 28.0 Å². The normalized spacial score (nSPS) is 14.7. The third kappa shape index (κ3) is 5.38. The maximum atomic E-state index is 13.1. The molecule has 36 heavy (non-hydrogen) atoms. The molecule has 184 valence electrons. The van der Waals surface area contributed by atoms with Gasteiger partial charge >= 0.3 is 6.03 Å². The summed E-state index contributed by atoms with van der Waals surface area (Å²) in [5, 5.41) is 2.21. The van der Waals surface area contributed by atoms with E-state index in [9.17, 15) is 14.4 Å². The summed E-state index contributed by atoms with van der Waals surface area (Å²) in [6.07, 6.45) is 5.07. The summed E-state index contributed by atoms with van der Waals surface area (Å²) in [6, 6.07) is 14.0. The summed E-state index contributed by atoms with van der Waals surface area (Å²) in [5.41, 5.74) is 3.30. The zero-order valence-electron chi connectivity index (χ0n) is 20.1. The van der Waals surface area contributed by atoms with Gasteiger partial charge in [-0.2, -0.15) is 0 Å². The standard InChI is InChI=1S/C28H26N2O6/c1-4-6-21-13-20(15-24(34-3)25(21)36-17-19-10-8-18(2)9-11-19)14-23-26(31)29-28(33)30(27(23)32)16-22-7-5-12-35-22/h4-5,7-15H,1,6,16-17H2,2-3H3,(H,29,31,33)/b23-14+. The number of amides is 4. The summed E-state index contributed by atoms with van der Waals surface area (Å²) < 4.78 is 16.9. The summed E-state index contributed by atoms with van der Waals surface area (Å²) in [6.45, 7) is 6.08. The first-order chi connectivity index (χ1) is 17.4. The first-order valence-electron chi connectivity index (χ1n) is 11.3. The van der Waals surface area contributed by atoms with E-state index >= 15 is 0 Å². The van der Waals surface area contributed by atoms with E-state index in [4.69, 9.17) is 13.9 Å². The van der Waals surface area contributed by atoms with Gasteiger partial charge in [-0.15, -0.1) is 6.58 Å². The number of furan rings is 1. The molecule has 4 rings (SSSR count). The Kier molecular flexibility index (Phi) is 7.34. The maximum Gasteiger partial charge on any atom is 0.331 e. The van der Waals surface area contributed by atoms with Gasteiger partial charge in [-0.05, 0) is 54.8 Å². The highest BCUT2D eigenvalue weighted by Gasteiger charge is 2.36. The molecular formula is C28H26N2O6. The Hall–Kier alpha value is -4.59. The second kappa shape index (κ2) is 10.8. The highest BCUT2D eigenvalue weighted by atomic mass is 16.5. The molecule has 2 aromatic carbocycles. The molecule has 0 saturated carbocycles. The van der Waals surface area contributed by atoms with E-state index in [1.165, 1.54) is 19.4 Å². The Labute approximate surface area is 208 Å². The SMILES string of the molecule is C=CCc1cc(/C=C2\C(=O)NC(=O)N(Cc3ccco3)C2=O)cc(OC)c1OCc1ccc(C)cc1. The minimum absolute atomic E-state index is 0.0981. The predicted octanol–water partition coefficient (Wildman–Crippen LogP) is 4.57. The van der Waals surface area contributed by atoms with Gasteiger partial charge in [0, 0.05) is 5.56 Å². The summed E-state index contributed by atoms with van der Waals surface area (Å²) in [5.74, 6) is -0.0828. The van der Waals surface area contributed by atoms with E-state index in [1.54, 1.807) is 30.3 Å². The Bertz CT molecular complexity index is 1320. The van der Waals surface area contributed by atoms with Crippen LogP contribution in [0.5, 0.6) is 11.5 Å². The van der Waals surface area contributed by atoms with Gasteiger partial charge in [-0.1, -0.05) is 35.9 Å². The molecule has 1 aliphatic heterocycles. The number of hydrogen-bond donors (Lipinski definition) is 1. The Morgan fingerprint density at radius 2 is 1.89 bits per heavy atom. The van der Waals surface area contributed by atoms with Crippen molar-refractivity contribution >= 4 is 23.9 Å². The fourth-order valence-corrected chi connectivity index (χ4v) is 3.79.